The summed E-state index contributed by atoms with van der Waals surface area (Å²) in [7, 11) is 0. The van der Waals surface area contributed by atoms with Crippen LogP contribution in [0.15, 0.2) is 24.4 Å². The third kappa shape index (κ3) is 5.01. The maximum absolute atomic E-state index is 14.0. The second kappa shape index (κ2) is 8.74. The lowest BCUT2D eigenvalue weighted by molar-refractivity contribution is 0.0931. The standard InChI is InChI=1S/C23H28F2N4O.H2S/c1-13-11-27-20(22(30)28-14(2)15-4-5-15)21(29-7-6-23(3,26)12-29)19(13)16-8-17(24)10-18(25)9-16;/h8-11,14-15H,4-7,12,26H2,1-3H3,(H,28,30);1H2/t14-,23-;/m0./s1. The number of carbonyl (C=O) groups is 1. The Kier molecular flexibility index (Phi) is 6.62. The molecule has 2 atom stereocenters. The van der Waals surface area contributed by atoms with Crippen molar-refractivity contribution in [2.75, 3.05) is 18.0 Å². The van der Waals surface area contributed by atoms with Gasteiger partial charge >= 0.3 is 0 Å². The van der Waals surface area contributed by atoms with Crippen LogP contribution >= 0.6 is 13.5 Å². The molecule has 1 saturated heterocycles. The fraction of sp³-hybridized carbons (Fsp3) is 0.478. The highest BCUT2D eigenvalue weighted by molar-refractivity contribution is 7.59. The molecule has 5 nitrogen and oxygen atoms in total. The van der Waals surface area contributed by atoms with E-state index in [0.29, 0.717) is 35.8 Å². The SMILES string of the molecule is Cc1cnc(C(=O)N[C@@H](C)C2CC2)c(N2CC[C@](C)(N)C2)c1-c1cc(F)cc(F)c1.S. The van der Waals surface area contributed by atoms with Crippen LogP contribution in [-0.4, -0.2) is 35.6 Å². The third-order valence-electron chi connectivity index (χ3n) is 6.12. The van der Waals surface area contributed by atoms with Crippen LogP contribution in [0.5, 0.6) is 0 Å². The first-order valence-electron chi connectivity index (χ1n) is 10.5. The molecule has 8 heteroatoms. The summed E-state index contributed by atoms with van der Waals surface area (Å²) in [6, 6.07) is 3.49. The van der Waals surface area contributed by atoms with Crippen molar-refractivity contribution in [1.82, 2.24) is 10.3 Å². The van der Waals surface area contributed by atoms with Gasteiger partial charge in [0.05, 0.1) is 5.69 Å². The van der Waals surface area contributed by atoms with E-state index < -0.39 is 17.2 Å². The van der Waals surface area contributed by atoms with Gasteiger partial charge in [-0.05, 0) is 69.2 Å². The molecule has 1 amide bonds. The number of pyridine rings is 1. The van der Waals surface area contributed by atoms with Crippen molar-refractivity contribution in [3.05, 3.63) is 47.3 Å². The maximum Gasteiger partial charge on any atom is 0.272 e. The highest BCUT2D eigenvalue weighted by Gasteiger charge is 2.35. The minimum atomic E-state index is -0.661. The van der Waals surface area contributed by atoms with E-state index >= 15 is 0 Å². The zero-order valence-corrected chi connectivity index (χ0v) is 19.1. The molecule has 0 radical (unpaired) electrons. The summed E-state index contributed by atoms with van der Waals surface area (Å²) in [4.78, 5) is 19.7. The molecule has 0 unspecified atom stereocenters. The molecule has 1 aromatic heterocycles. The number of aryl methyl sites for hydroxylation is 1. The fourth-order valence-corrected chi connectivity index (χ4v) is 4.29. The highest BCUT2D eigenvalue weighted by Crippen LogP contribution is 2.39. The molecule has 1 aliphatic carbocycles. The Balaban J connectivity index is 0.00000272. The predicted molar refractivity (Wildman–Crippen MR) is 124 cm³/mol. The van der Waals surface area contributed by atoms with Gasteiger partial charge in [0.15, 0.2) is 5.69 Å². The van der Waals surface area contributed by atoms with Gasteiger partial charge in [0.1, 0.15) is 11.6 Å². The molecule has 3 N–H and O–H groups in total. The van der Waals surface area contributed by atoms with Crippen molar-refractivity contribution in [2.45, 2.75) is 51.6 Å². The normalized spacial score (nSPS) is 21.5. The molecule has 0 bridgehead atoms. The molecule has 2 aliphatic rings. The van der Waals surface area contributed by atoms with Gasteiger partial charge in [-0.2, -0.15) is 13.5 Å². The number of hydrogen-bond donors (Lipinski definition) is 2. The monoisotopic (exact) mass is 448 g/mol. The number of anilines is 1. The van der Waals surface area contributed by atoms with Gasteiger partial charge in [-0.25, -0.2) is 13.8 Å². The van der Waals surface area contributed by atoms with Crippen LogP contribution in [0.1, 0.15) is 49.2 Å². The molecule has 2 aromatic rings. The van der Waals surface area contributed by atoms with Crippen LogP contribution in [0.4, 0.5) is 14.5 Å². The smallest absolute Gasteiger partial charge is 0.272 e. The number of carbonyl (C=O) groups excluding carboxylic acids is 1. The number of halogens is 2. The van der Waals surface area contributed by atoms with Crippen molar-refractivity contribution in [2.24, 2.45) is 11.7 Å². The fourth-order valence-electron chi connectivity index (χ4n) is 4.29. The second-order valence-electron chi connectivity index (χ2n) is 9.10. The number of benzene rings is 1. The molecular formula is C23H30F2N4OS. The minimum Gasteiger partial charge on any atom is -0.367 e. The Labute approximate surface area is 188 Å². The lowest BCUT2D eigenvalue weighted by atomic mass is 9.97. The van der Waals surface area contributed by atoms with Crippen molar-refractivity contribution < 1.29 is 13.6 Å². The van der Waals surface area contributed by atoms with E-state index in [0.717, 1.165) is 30.9 Å². The van der Waals surface area contributed by atoms with Crippen molar-refractivity contribution in [3.8, 4) is 11.1 Å². The molecule has 2 heterocycles. The molecule has 1 saturated carbocycles. The topological polar surface area (TPSA) is 71.2 Å². The summed E-state index contributed by atoms with van der Waals surface area (Å²) in [5, 5.41) is 3.06. The maximum atomic E-state index is 14.0. The first-order chi connectivity index (χ1) is 14.1. The second-order valence-corrected chi connectivity index (χ2v) is 9.10. The number of amides is 1. The van der Waals surface area contributed by atoms with Gasteiger partial charge in [0.2, 0.25) is 0 Å². The molecule has 168 valence electrons. The molecule has 2 fully saturated rings. The van der Waals surface area contributed by atoms with Gasteiger partial charge < -0.3 is 16.0 Å². The van der Waals surface area contributed by atoms with Crippen LogP contribution < -0.4 is 16.0 Å². The Hall–Kier alpha value is -2.19. The van der Waals surface area contributed by atoms with Gasteiger partial charge in [0, 0.05) is 42.5 Å². The zero-order chi connectivity index (χ0) is 21.6. The van der Waals surface area contributed by atoms with Crippen molar-refractivity contribution in [1.29, 1.82) is 0 Å². The van der Waals surface area contributed by atoms with Crippen molar-refractivity contribution >= 4 is 25.1 Å². The molecule has 0 spiro atoms. The number of nitrogens with one attached hydrogen (secondary N) is 1. The van der Waals surface area contributed by atoms with Crippen LogP contribution in [0, 0.1) is 24.5 Å². The minimum absolute atomic E-state index is 0. The number of nitrogens with two attached hydrogens (primary N) is 1. The van der Waals surface area contributed by atoms with Gasteiger partial charge in [-0.3, -0.25) is 4.79 Å². The Bertz CT molecular complexity index is 974. The van der Waals surface area contributed by atoms with E-state index in [-0.39, 0.29) is 31.1 Å². The van der Waals surface area contributed by atoms with Gasteiger partial charge in [0.25, 0.3) is 5.91 Å². The zero-order valence-electron chi connectivity index (χ0n) is 18.1. The Morgan fingerprint density at radius 3 is 2.48 bits per heavy atom. The lowest BCUT2D eigenvalue weighted by Crippen LogP contribution is -2.40. The van der Waals surface area contributed by atoms with Crippen LogP contribution in [0.2, 0.25) is 0 Å². The average molecular weight is 449 g/mol. The molecule has 31 heavy (non-hydrogen) atoms. The average Bonchev–Trinajstić information content (AvgIpc) is 3.43. The number of rotatable bonds is 5. The van der Waals surface area contributed by atoms with Gasteiger partial charge in [-0.15, -0.1) is 0 Å². The first-order valence-corrected chi connectivity index (χ1v) is 10.5. The molecular weight excluding hydrogens is 418 g/mol. The number of nitrogens with zero attached hydrogens (tertiary/aromatic N) is 2. The van der Waals surface area contributed by atoms with Crippen LogP contribution in [-0.2, 0) is 0 Å². The van der Waals surface area contributed by atoms with E-state index in [1.807, 2.05) is 25.7 Å². The predicted octanol–water partition coefficient (Wildman–Crippen LogP) is 3.90. The summed E-state index contributed by atoms with van der Waals surface area (Å²) in [6.07, 6.45) is 4.57. The Morgan fingerprint density at radius 2 is 1.94 bits per heavy atom. The Morgan fingerprint density at radius 1 is 1.29 bits per heavy atom. The highest BCUT2D eigenvalue weighted by atomic mass is 32.1. The summed E-state index contributed by atoms with van der Waals surface area (Å²) >= 11 is 0. The summed E-state index contributed by atoms with van der Waals surface area (Å²) in [5.41, 5.74) is 8.55. The van der Waals surface area contributed by atoms with E-state index in [1.54, 1.807) is 6.20 Å². The van der Waals surface area contributed by atoms with Crippen molar-refractivity contribution in [3.63, 3.8) is 0 Å². The molecule has 1 aromatic carbocycles. The summed E-state index contributed by atoms with van der Waals surface area (Å²) < 4.78 is 28.1. The largest absolute Gasteiger partial charge is 0.367 e. The lowest BCUT2D eigenvalue weighted by Gasteiger charge is -2.27. The van der Waals surface area contributed by atoms with E-state index in [1.165, 1.54) is 12.1 Å². The quantitative estimate of drug-likeness (QED) is 0.728. The van der Waals surface area contributed by atoms with Gasteiger partial charge in [-0.1, -0.05) is 0 Å². The molecule has 1 aliphatic heterocycles. The molecule has 4 rings (SSSR count). The van der Waals surface area contributed by atoms with E-state index in [4.69, 9.17) is 5.73 Å². The van der Waals surface area contributed by atoms with Crippen LogP contribution in [0.3, 0.4) is 0 Å². The number of aromatic nitrogens is 1. The number of hydrogen-bond acceptors (Lipinski definition) is 4. The third-order valence-corrected chi connectivity index (χ3v) is 6.12. The summed E-state index contributed by atoms with van der Waals surface area (Å²) in [6.45, 7) is 6.97. The summed E-state index contributed by atoms with van der Waals surface area (Å²) in [5.74, 6) is -1.09. The van der Waals surface area contributed by atoms with E-state index in [9.17, 15) is 13.6 Å². The van der Waals surface area contributed by atoms with E-state index in [2.05, 4.69) is 10.3 Å². The van der Waals surface area contributed by atoms with Crippen LogP contribution in [0.25, 0.3) is 11.1 Å². The first kappa shape index (κ1) is 23.5.